The summed E-state index contributed by atoms with van der Waals surface area (Å²) in [6.07, 6.45) is 1.57. The van der Waals surface area contributed by atoms with Crippen LogP contribution in [0.4, 0.5) is 11.4 Å². The molecule has 0 unspecified atom stereocenters. The minimum atomic E-state index is -0.915. The number of methoxy groups -OCH3 is 2. The van der Waals surface area contributed by atoms with Crippen LogP contribution in [0, 0.1) is 0 Å². The predicted molar refractivity (Wildman–Crippen MR) is 132 cm³/mol. The number of benzene rings is 2. The highest BCUT2D eigenvalue weighted by atomic mass is 16.5. The Balaban J connectivity index is 2.28. The maximum Gasteiger partial charge on any atom is 0.255 e. The van der Waals surface area contributed by atoms with Gasteiger partial charge in [-0.05, 0) is 62.2 Å². The second-order valence-electron chi connectivity index (χ2n) is 7.68. The summed E-state index contributed by atoms with van der Waals surface area (Å²) in [5, 5.41) is 8.04. The van der Waals surface area contributed by atoms with E-state index in [1.807, 2.05) is 0 Å². The molecule has 0 aliphatic rings. The first-order chi connectivity index (χ1) is 16.7. The highest BCUT2D eigenvalue weighted by Crippen LogP contribution is 2.24. The minimum absolute atomic E-state index is 0.105. The van der Waals surface area contributed by atoms with Crippen LogP contribution in [0.25, 0.3) is 0 Å². The maximum atomic E-state index is 13.1. The molecule has 0 heterocycles. The van der Waals surface area contributed by atoms with Crippen molar-refractivity contribution in [1.82, 2.24) is 5.32 Å². The highest BCUT2D eigenvalue weighted by Gasteiger charge is 2.24. The third-order valence-corrected chi connectivity index (χ3v) is 5.07. The fraction of sp³-hybridized carbons (Fsp3) is 0.333. The van der Waals surface area contributed by atoms with Crippen LogP contribution in [0.15, 0.2) is 36.4 Å². The fourth-order valence-electron chi connectivity index (χ4n) is 3.37. The van der Waals surface area contributed by atoms with Crippen molar-refractivity contribution in [2.45, 2.75) is 32.2 Å². The summed E-state index contributed by atoms with van der Waals surface area (Å²) in [5.74, 6) is -1.51. The molecule has 0 aliphatic carbocycles. The maximum absolute atomic E-state index is 13.1. The Morgan fingerprint density at radius 2 is 1.46 bits per heavy atom. The standard InChI is InChI=1S/C24H31N5O6/c1-14(30)27-15-7-10-21(35-3)18(13-15)23(32)29-19(6-4-5-11-25)24(33)28-16-8-9-20(34-2)17(12-16)22(26)31/h7-10,12-13,19H,4-6,11,25H2,1-3H3,(H2,26,31)(H,27,30)(H,28,33)(H,29,32)/t19-/m0/s1. The molecule has 35 heavy (non-hydrogen) atoms. The number of primary amides is 1. The van der Waals surface area contributed by atoms with Gasteiger partial charge in [-0.3, -0.25) is 19.2 Å². The van der Waals surface area contributed by atoms with Crippen molar-refractivity contribution < 1.29 is 28.7 Å². The average Bonchev–Trinajstić information content (AvgIpc) is 2.82. The van der Waals surface area contributed by atoms with E-state index >= 15 is 0 Å². The molecule has 0 bridgehead atoms. The van der Waals surface area contributed by atoms with Crippen molar-refractivity contribution in [3.63, 3.8) is 0 Å². The van der Waals surface area contributed by atoms with E-state index in [1.165, 1.54) is 39.3 Å². The van der Waals surface area contributed by atoms with Crippen LogP contribution in [0.5, 0.6) is 11.5 Å². The Hall–Kier alpha value is -4.12. The van der Waals surface area contributed by atoms with Gasteiger partial charge in [-0.25, -0.2) is 0 Å². The molecule has 2 aromatic rings. The molecule has 0 fully saturated rings. The van der Waals surface area contributed by atoms with Crippen molar-refractivity contribution in [3.05, 3.63) is 47.5 Å². The fourth-order valence-corrected chi connectivity index (χ4v) is 3.37. The monoisotopic (exact) mass is 485 g/mol. The average molecular weight is 486 g/mol. The van der Waals surface area contributed by atoms with Crippen molar-refractivity contribution in [2.24, 2.45) is 11.5 Å². The number of anilines is 2. The van der Waals surface area contributed by atoms with Gasteiger partial charge in [-0.1, -0.05) is 0 Å². The Morgan fingerprint density at radius 1 is 0.886 bits per heavy atom. The van der Waals surface area contributed by atoms with Crippen LogP contribution < -0.4 is 36.9 Å². The predicted octanol–water partition coefficient (Wildman–Crippen LogP) is 1.63. The summed E-state index contributed by atoms with van der Waals surface area (Å²) in [6.45, 7) is 1.79. The van der Waals surface area contributed by atoms with E-state index in [2.05, 4.69) is 16.0 Å². The van der Waals surface area contributed by atoms with Crippen LogP contribution in [-0.2, 0) is 9.59 Å². The van der Waals surface area contributed by atoms with Crippen molar-refractivity contribution in [1.29, 1.82) is 0 Å². The molecular formula is C24H31N5O6. The number of amides is 4. The van der Waals surface area contributed by atoms with E-state index in [1.54, 1.807) is 18.2 Å². The summed E-state index contributed by atoms with van der Waals surface area (Å²) in [6, 6.07) is 8.17. The van der Waals surface area contributed by atoms with Crippen molar-refractivity contribution in [2.75, 3.05) is 31.4 Å². The largest absolute Gasteiger partial charge is 0.496 e. The third kappa shape index (κ3) is 7.71. The molecule has 0 spiro atoms. The quantitative estimate of drug-likeness (QED) is 0.284. The Kier molecular flexibility index (Phi) is 10.0. The smallest absolute Gasteiger partial charge is 0.255 e. The van der Waals surface area contributed by atoms with Crippen molar-refractivity contribution in [3.8, 4) is 11.5 Å². The molecule has 4 amide bonds. The minimum Gasteiger partial charge on any atom is -0.496 e. The van der Waals surface area contributed by atoms with E-state index in [0.29, 0.717) is 37.2 Å². The lowest BCUT2D eigenvalue weighted by Gasteiger charge is -2.20. The molecule has 7 N–H and O–H groups in total. The molecule has 0 radical (unpaired) electrons. The van der Waals surface area contributed by atoms with Crippen LogP contribution in [0.3, 0.4) is 0 Å². The van der Waals surface area contributed by atoms with Crippen LogP contribution >= 0.6 is 0 Å². The lowest BCUT2D eigenvalue weighted by molar-refractivity contribution is -0.118. The molecule has 0 aliphatic heterocycles. The van der Waals surface area contributed by atoms with Crippen LogP contribution in [0.2, 0.25) is 0 Å². The zero-order valence-electron chi connectivity index (χ0n) is 20.0. The van der Waals surface area contributed by atoms with Gasteiger partial charge < -0.3 is 36.9 Å². The number of carbonyl (C=O) groups is 4. The summed E-state index contributed by atoms with van der Waals surface area (Å²) in [7, 11) is 2.81. The number of ether oxygens (including phenoxy) is 2. The molecule has 0 saturated carbocycles. The van der Waals surface area contributed by atoms with Crippen LogP contribution in [0.1, 0.15) is 46.9 Å². The van der Waals surface area contributed by atoms with E-state index in [4.69, 9.17) is 20.9 Å². The van der Waals surface area contributed by atoms with Gasteiger partial charge in [-0.15, -0.1) is 0 Å². The van der Waals surface area contributed by atoms with Gasteiger partial charge in [0.2, 0.25) is 11.8 Å². The lowest BCUT2D eigenvalue weighted by atomic mass is 10.1. The summed E-state index contributed by atoms with van der Waals surface area (Å²) in [5.41, 5.74) is 11.9. The molecule has 0 saturated heterocycles. The molecule has 11 nitrogen and oxygen atoms in total. The topological polar surface area (TPSA) is 175 Å². The van der Waals surface area contributed by atoms with Gasteiger partial charge in [0.25, 0.3) is 11.8 Å². The Bertz CT molecular complexity index is 1090. The van der Waals surface area contributed by atoms with E-state index in [-0.39, 0.29) is 28.5 Å². The number of nitrogens with two attached hydrogens (primary N) is 2. The molecule has 0 aromatic heterocycles. The number of rotatable bonds is 12. The molecule has 1 atom stereocenters. The summed E-state index contributed by atoms with van der Waals surface area (Å²) in [4.78, 5) is 49.3. The second kappa shape index (κ2) is 12.9. The number of carbonyl (C=O) groups excluding carboxylic acids is 4. The van der Waals surface area contributed by atoms with Gasteiger partial charge in [0.15, 0.2) is 0 Å². The first kappa shape index (κ1) is 27.1. The first-order valence-electron chi connectivity index (χ1n) is 10.9. The Morgan fingerprint density at radius 3 is 2.00 bits per heavy atom. The van der Waals surface area contributed by atoms with Crippen molar-refractivity contribution >= 4 is 35.0 Å². The second-order valence-corrected chi connectivity index (χ2v) is 7.68. The highest BCUT2D eigenvalue weighted by molar-refractivity contribution is 6.04. The van der Waals surface area contributed by atoms with E-state index in [9.17, 15) is 19.2 Å². The third-order valence-electron chi connectivity index (χ3n) is 5.07. The zero-order valence-corrected chi connectivity index (χ0v) is 20.0. The van der Waals surface area contributed by atoms with Gasteiger partial charge in [0.05, 0.1) is 25.3 Å². The van der Waals surface area contributed by atoms with Gasteiger partial charge in [-0.2, -0.15) is 0 Å². The molecule has 2 aromatic carbocycles. The number of nitrogens with one attached hydrogen (secondary N) is 3. The number of hydrogen-bond acceptors (Lipinski definition) is 7. The lowest BCUT2D eigenvalue weighted by Crippen LogP contribution is -2.44. The molecule has 2 rings (SSSR count). The normalized spacial score (nSPS) is 11.2. The van der Waals surface area contributed by atoms with Gasteiger partial charge >= 0.3 is 0 Å². The molecule has 11 heteroatoms. The molecule has 188 valence electrons. The van der Waals surface area contributed by atoms with Gasteiger partial charge in [0, 0.05) is 18.3 Å². The zero-order chi connectivity index (χ0) is 26.0. The first-order valence-corrected chi connectivity index (χ1v) is 10.9. The van der Waals surface area contributed by atoms with Crippen LogP contribution in [-0.4, -0.2) is 50.4 Å². The summed E-state index contributed by atoms with van der Waals surface area (Å²) >= 11 is 0. The molecular weight excluding hydrogens is 454 g/mol. The SMILES string of the molecule is COc1ccc(NC(=O)[C@H](CCCCN)NC(=O)c2cc(NC(C)=O)ccc2OC)cc1C(N)=O. The van der Waals surface area contributed by atoms with E-state index in [0.717, 1.165) is 0 Å². The Labute approximate surface area is 203 Å². The number of unbranched alkanes of at least 4 members (excludes halogenated alkanes) is 1. The summed E-state index contributed by atoms with van der Waals surface area (Å²) < 4.78 is 10.4. The van der Waals surface area contributed by atoms with Gasteiger partial charge in [0.1, 0.15) is 17.5 Å². The number of hydrogen-bond donors (Lipinski definition) is 5. The van der Waals surface area contributed by atoms with E-state index < -0.39 is 23.8 Å².